The Morgan fingerprint density at radius 2 is 2.24 bits per heavy atom. The lowest BCUT2D eigenvalue weighted by Crippen LogP contribution is -2.15. The van der Waals surface area contributed by atoms with E-state index < -0.39 is 11.4 Å². The zero-order chi connectivity index (χ0) is 12.0. The third-order valence-electron chi connectivity index (χ3n) is 3.93. The van der Waals surface area contributed by atoms with Crippen molar-refractivity contribution in [3.63, 3.8) is 0 Å². The van der Waals surface area contributed by atoms with E-state index in [0.29, 0.717) is 6.42 Å². The zero-order valence-corrected chi connectivity index (χ0v) is 9.60. The molecule has 1 aromatic rings. The van der Waals surface area contributed by atoms with E-state index in [-0.39, 0.29) is 12.7 Å². The summed E-state index contributed by atoms with van der Waals surface area (Å²) in [7, 11) is 0. The molecule has 17 heavy (non-hydrogen) atoms. The fraction of sp³-hybridized carbons (Fsp3) is 0.462. The molecule has 1 aliphatic carbocycles. The van der Waals surface area contributed by atoms with Gasteiger partial charge in [0.05, 0.1) is 5.41 Å². The van der Waals surface area contributed by atoms with Gasteiger partial charge in [-0.15, -0.1) is 0 Å². The number of carboxylic acids is 1. The molecule has 1 aliphatic heterocycles. The quantitative estimate of drug-likeness (QED) is 0.872. The van der Waals surface area contributed by atoms with Crippen molar-refractivity contribution in [1.82, 2.24) is 0 Å². The van der Waals surface area contributed by atoms with Gasteiger partial charge >= 0.3 is 5.97 Å². The number of rotatable bonds is 3. The highest BCUT2D eigenvalue weighted by Crippen LogP contribution is 2.62. The van der Waals surface area contributed by atoms with Crippen LogP contribution in [-0.4, -0.2) is 17.9 Å². The Bertz CT molecular complexity index is 482. The summed E-state index contributed by atoms with van der Waals surface area (Å²) >= 11 is 0. The minimum absolute atomic E-state index is 0.111. The maximum absolute atomic E-state index is 11.3. The van der Waals surface area contributed by atoms with Crippen LogP contribution >= 0.6 is 0 Å². The summed E-state index contributed by atoms with van der Waals surface area (Å²) in [6, 6.07) is 5.71. The Balaban J connectivity index is 1.90. The molecule has 4 heteroatoms. The zero-order valence-electron chi connectivity index (χ0n) is 9.60. The second-order valence-corrected chi connectivity index (χ2v) is 4.68. The van der Waals surface area contributed by atoms with E-state index in [4.69, 9.17) is 9.47 Å². The monoisotopic (exact) mass is 234 g/mol. The van der Waals surface area contributed by atoms with Crippen LogP contribution in [-0.2, 0) is 4.79 Å². The smallest absolute Gasteiger partial charge is 0.310 e. The summed E-state index contributed by atoms with van der Waals surface area (Å²) in [4.78, 5) is 11.3. The number of ether oxygens (including phenoxy) is 2. The van der Waals surface area contributed by atoms with Gasteiger partial charge in [0, 0.05) is 5.92 Å². The molecule has 0 saturated heterocycles. The highest BCUT2D eigenvalue weighted by atomic mass is 16.7. The molecule has 90 valence electrons. The van der Waals surface area contributed by atoms with Crippen LogP contribution in [0.1, 0.15) is 31.2 Å². The van der Waals surface area contributed by atoms with Gasteiger partial charge in [-0.1, -0.05) is 13.0 Å². The maximum atomic E-state index is 11.3. The SMILES string of the molecule is CCC1(C(=O)O)CC1c1ccc2c(c1)OCO2. The summed E-state index contributed by atoms with van der Waals surface area (Å²) in [6.45, 7) is 2.18. The van der Waals surface area contributed by atoms with E-state index >= 15 is 0 Å². The Morgan fingerprint density at radius 3 is 2.88 bits per heavy atom. The number of carbonyl (C=O) groups is 1. The molecular formula is C13H14O4. The molecule has 3 rings (SSSR count). The summed E-state index contributed by atoms with van der Waals surface area (Å²) in [5.74, 6) is 0.888. The number of aliphatic carboxylic acids is 1. The minimum Gasteiger partial charge on any atom is -0.481 e. The van der Waals surface area contributed by atoms with Crippen molar-refractivity contribution < 1.29 is 19.4 Å². The molecule has 0 aromatic heterocycles. The lowest BCUT2D eigenvalue weighted by Gasteiger charge is -2.09. The predicted octanol–water partition coefficient (Wildman–Crippen LogP) is 2.38. The van der Waals surface area contributed by atoms with Gasteiger partial charge in [0.1, 0.15) is 0 Å². The number of carboxylic acid groups (broad SMARTS) is 1. The van der Waals surface area contributed by atoms with Crippen molar-refractivity contribution in [2.24, 2.45) is 5.41 Å². The summed E-state index contributed by atoms with van der Waals surface area (Å²) < 4.78 is 10.6. The second-order valence-electron chi connectivity index (χ2n) is 4.68. The van der Waals surface area contributed by atoms with Gasteiger partial charge in [-0.25, -0.2) is 0 Å². The van der Waals surface area contributed by atoms with E-state index in [1.807, 2.05) is 25.1 Å². The standard InChI is InChI=1S/C13H14O4/c1-2-13(12(14)15)6-9(13)8-3-4-10-11(5-8)17-7-16-10/h3-5,9H,2,6-7H2,1H3,(H,14,15). The number of hydrogen-bond donors (Lipinski definition) is 1. The molecule has 1 fully saturated rings. The predicted molar refractivity (Wildman–Crippen MR) is 60.3 cm³/mol. The van der Waals surface area contributed by atoms with Crippen LogP contribution in [0.4, 0.5) is 0 Å². The van der Waals surface area contributed by atoms with Crippen LogP contribution in [0.2, 0.25) is 0 Å². The van der Waals surface area contributed by atoms with Crippen molar-refractivity contribution in [3.8, 4) is 11.5 Å². The highest BCUT2D eigenvalue weighted by Gasteiger charge is 2.59. The molecule has 2 atom stereocenters. The fourth-order valence-electron chi connectivity index (χ4n) is 2.65. The summed E-state index contributed by atoms with van der Waals surface area (Å²) in [6.07, 6.45) is 1.39. The third-order valence-corrected chi connectivity index (χ3v) is 3.93. The summed E-state index contributed by atoms with van der Waals surface area (Å²) in [5, 5.41) is 9.27. The molecule has 0 bridgehead atoms. The lowest BCUT2D eigenvalue weighted by molar-refractivity contribution is -0.143. The van der Waals surface area contributed by atoms with E-state index in [1.165, 1.54) is 0 Å². The molecule has 1 aromatic carbocycles. The van der Waals surface area contributed by atoms with E-state index in [0.717, 1.165) is 23.5 Å². The van der Waals surface area contributed by atoms with Crippen molar-refractivity contribution in [1.29, 1.82) is 0 Å². The maximum Gasteiger partial charge on any atom is 0.310 e. The number of benzene rings is 1. The topological polar surface area (TPSA) is 55.8 Å². The van der Waals surface area contributed by atoms with Gasteiger partial charge in [-0.3, -0.25) is 4.79 Å². The van der Waals surface area contributed by atoms with Crippen LogP contribution < -0.4 is 9.47 Å². The number of hydrogen-bond acceptors (Lipinski definition) is 3. The van der Waals surface area contributed by atoms with E-state index in [1.54, 1.807) is 0 Å². The van der Waals surface area contributed by atoms with Crippen LogP contribution in [0, 0.1) is 5.41 Å². The Hall–Kier alpha value is -1.71. The van der Waals surface area contributed by atoms with Crippen molar-refractivity contribution in [2.45, 2.75) is 25.7 Å². The third kappa shape index (κ3) is 1.40. The van der Waals surface area contributed by atoms with E-state index in [9.17, 15) is 9.90 Å². The lowest BCUT2D eigenvalue weighted by atomic mass is 9.96. The van der Waals surface area contributed by atoms with Gasteiger partial charge in [0.2, 0.25) is 6.79 Å². The number of fused-ring (bicyclic) bond motifs is 1. The molecule has 1 heterocycles. The second kappa shape index (κ2) is 3.39. The molecule has 1 saturated carbocycles. The van der Waals surface area contributed by atoms with Gasteiger partial charge in [-0.2, -0.15) is 0 Å². The van der Waals surface area contributed by atoms with Crippen LogP contribution in [0.3, 0.4) is 0 Å². The van der Waals surface area contributed by atoms with Gasteiger partial charge in [-0.05, 0) is 30.5 Å². The molecule has 0 amide bonds. The first-order valence-corrected chi connectivity index (χ1v) is 5.80. The van der Waals surface area contributed by atoms with Crippen LogP contribution in [0.5, 0.6) is 11.5 Å². The van der Waals surface area contributed by atoms with Crippen LogP contribution in [0.25, 0.3) is 0 Å². The average molecular weight is 234 g/mol. The molecule has 2 unspecified atom stereocenters. The molecule has 1 N–H and O–H groups in total. The van der Waals surface area contributed by atoms with Crippen molar-refractivity contribution in [3.05, 3.63) is 23.8 Å². The van der Waals surface area contributed by atoms with Gasteiger partial charge in [0.15, 0.2) is 11.5 Å². The Kier molecular flexibility index (Phi) is 2.08. The Morgan fingerprint density at radius 1 is 1.47 bits per heavy atom. The molecular weight excluding hydrogens is 220 g/mol. The summed E-state index contributed by atoms with van der Waals surface area (Å²) in [5.41, 5.74) is 0.478. The molecule has 2 aliphatic rings. The highest BCUT2D eigenvalue weighted by molar-refractivity contribution is 5.80. The first kappa shape index (κ1) is 10.4. The van der Waals surface area contributed by atoms with Gasteiger partial charge in [0.25, 0.3) is 0 Å². The van der Waals surface area contributed by atoms with Crippen LogP contribution in [0.15, 0.2) is 18.2 Å². The minimum atomic E-state index is -0.692. The Labute approximate surface area is 99.2 Å². The molecule has 0 spiro atoms. The molecule has 4 nitrogen and oxygen atoms in total. The molecule has 0 radical (unpaired) electrons. The van der Waals surface area contributed by atoms with Gasteiger partial charge < -0.3 is 14.6 Å². The largest absolute Gasteiger partial charge is 0.481 e. The average Bonchev–Trinajstić information content (AvgIpc) is 2.91. The van der Waals surface area contributed by atoms with E-state index in [2.05, 4.69) is 0 Å². The van der Waals surface area contributed by atoms with Crippen molar-refractivity contribution >= 4 is 5.97 Å². The first-order chi connectivity index (χ1) is 8.17. The fourth-order valence-corrected chi connectivity index (χ4v) is 2.65. The first-order valence-electron chi connectivity index (χ1n) is 5.80. The normalized spacial score (nSPS) is 29.1. The van der Waals surface area contributed by atoms with Crippen molar-refractivity contribution in [2.75, 3.05) is 6.79 Å².